The van der Waals surface area contributed by atoms with Crippen LogP contribution < -0.4 is 4.74 Å². The maximum Gasteiger partial charge on any atom is 0.314 e. The largest absolute Gasteiger partial charge is 0.426 e. The van der Waals surface area contributed by atoms with Crippen LogP contribution in [0.2, 0.25) is 0 Å². The van der Waals surface area contributed by atoms with E-state index < -0.39 is 0 Å². The number of hydrogen-bond acceptors (Lipinski definition) is 3. The van der Waals surface area contributed by atoms with Crippen LogP contribution in [0.5, 0.6) is 5.75 Å². The highest BCUT2D eigenvalue weighted by Crippen LogP contribution is 2.27. The molecule has 1 aliphatic carbocycles. The summed E-state index contributed by atoms with van der Waals surface area (Å²) in [5.74, 6) is 0.623. The number of ether oxygens (including phenoxy) is 1. The predicted molar refractivity (Wildman–Crippen MR) is 47.2 cm³/mol. The van der Waals surface area contributed by atoms with Crippen LogP contribution in [-0.4, -0.2) is 11.0 Å². The van der Waals surface area contributed by atoms with Crippen LogP contribution in [0.4, 0.5) is 0 Å². The molecule has 0 atom stereocenters. The number of rotatable bonds is 2. The van der Waals surface area contributed by atoms with E-state index in [1.165, 1.54) is 0 Å². The van der Waals surface area contributed by atoms with Crippen molar-refractivity contribution in [2.75, 3.05) is 0 Å². The molecule has 1 fully saturated rings. The quantitative estimate of drug-likeness (QED) is 0.646. The van der Waals surface area contributed by atoms with Gasteiger partial charge < -0.3 is 4.74 Å². The Balaban J connectivity index is 1.94. The van der Waals surface area contributed by atoms with E-state index >= 15 is 0 Å². The number of aromatic nitrogens is 1. The number of hydrogen-bond donors (Lipinski definition) is 0. The lowest BCUT2D eigenvalue weighted by Gasteiger charge is -2.22. The summed E-state index contributed by atoms with van der Waals surface area (Å²) in [7, 11) is 0. The van der Waals surface area contributed by atoms with Crippen molar-refractivity contribution in [2.45, 2.75) is 19.3 Å². The van der Waals surface area contributed by atoms with Crippen molar-refractivity contribution in [3.05, 3.63) is 24.5 Å². The first-order valence-corrected chi connectivity index (χ1v) is 4.48. The maximum absolute atomic E-state index is 11.4. The number of pyridine rings is 1. The highest BCUT2D eigenvalue weighted by Gasteiger charge is 2.26. The van der Waals surface area contributed by atoms with E-state index in [1.54, 1.807) is 24.5 Å². The molecule has 1 aromatic rings. The van der Waals surface area contributed by atoms with E-state index in [0.29, 0.717) is 5.75 Å². The van der Waals surface area contributed by atoms with Gasteiger partial charge in [0.05, 0.1) is 5.92 Å². The van der Waals surface area contributed by atoms with Crippen LogP contribution in [0.15, 0.2) is 24.5 Å². The Bertz CT molecular complexity index is 293. The molecule has 1 saturated carbocycles. The summed E-state index contributed by atoms with van der Waals surface area (Å²) in [5.41, 5.74) is 0. The second kappa shape index (κ2) is 3.56. The monoisotopic (exact) mass is 177 g/mol. The zero-order chi connectivity index (χ0) is 9.10. The molecule has 0 aliphatic heterocycles. The van der Waals surface area contributed by atoms with Gasteiger partial charge in [-0.15, -0.1) is 0 Å². The van der Waals surface area contributed by atoms with Crippen LogP contribution in [0.3, 0.4) is 0 Å². The molecule has 68 valence electrons. The lowest BCUT2D eigenvalue weighted by molar-refractivity contribution is -0.141. The Labute approximate surface area is 76.7 Å². The van der Waals surface area contributed by atoms with Gasteiger partial charge in [-0.25, -0.2) is 0 Å². The molecule has 0 unspecified atom stereocenters. The molecule has 1 heterocycles. The SMILES string of the molecule is O=C(Oc1ccncc1)C1CCC1. The summed E-state index contributed by atoms with van der Waals surface area (Å²) in [6.45, 7) is 0. The van der Waals surface area contributed by atoms with Gasteiger partial charge in [-0.3, -0.25) is 9.78 Å². The molecule has 0 bridgehead atoms. The molecule has 1 aliphatic rings. The second-order valence-corrected chi connectivity index (χ2v) is 3.23. The Kier molecular flexibility index (Phi) is 2.25. The van der Waals surface area contributed by atoms with E-state index in [0.717, 1.165) is 19.3 Å². The Hall–Kier alpha value is -1.38. The summed E-state index contributed by atoms with van der Waals surface area (Å²) >= 11 is 0. The second-order valence-electron chi connectivity index (χ2n) is 3.23. The third kappa shape index (κ3) is 1.86. The first-order chi connectivity index (χ1) is 6.36. The molecule has 0 radical (unpaired) electrons. The van der Waals surface area contributed by atoms with E-state index in [2.05, 4.69) is 4.98 Å². The smallest absolute Gasteiger partial charge is 0.314 e. The topological polar surface area (TPSA) is 39.2 Å². The fourth-order valence-corrected chi connectivity index (χ4v) is 1.25. The molecule has 0 aromatic carbocycles. The van der Waals surface area contributed by atoms with Gasteiger partial charge in [0.2, 0.25) is 0 Å². The molecule has 0 saturated heterocycles. The van der Waals surface area contributed by atoms with E-state index in [1.807, 2.05) is 0 Å². The van der Waals surface area contributed by atoms with E-state index in [-0.39, 0.29) is 11.9 Å². The molecule has 2 rings (SSSR count). The Morgan fingerprint density at radius 1 is 1.38 bits per heavy atom. The lowest BCUT2D eigenvalue weighted by Crippen LogP contribution is -2.26. The predicted octanol–water partition coefficient (Wildman–Crippen LogP) is 1.79. The Morgan fingerprint density at radius 3 is 2.62 bits per heavy atom. The van der Waals surface area contributed by atoms with Crippen molar-refractivity contribution in [2.24, 2.45) is 5.92 Å². The van der Waals surface area contributed by atoms with Crippen molar-refractivity contribution in [3.63, 3.8) is 0 Å². The van der Waals surface area contributed by atoms with Gasteiger partial charge in [-0.1, -0.05) is 6.42 Å². The average Bonchev–Trinajstić information content (AvgIpc) is 2.02. The third-order valence-electron chi connectivity index (χ3n) is 2.31. The first kappa shape index (κ1) is 8.23. The van der Waals surface area contributed by atoms with Gasteiger partial charge in [0.25, 0.3) is 0 Å². The van der Waals surface area contributed by atoms with Crippen LogP contribution in [-0.2, 0) is 4.79 Å². The first-order valence-electron chi connectivity index (χ1n) is 4.48. The summed E-state index contributed by atoms with van der Waals surface area (Å²) in [6.07, 6.45) is 6.33. The average molecular weight is 177 g/mol. The standard InChI is InChI=1S/C10H11NO2/c12-10(8-2-1-3-8)13-9-4-6-11-7-5-9/h4-8H,1-3H2. The van der Waals surface area contributed by atoms with E-state index in [9.17, 15) is 4.79 Å². The number of carbonyl (C=O) groups excluding carboxylic acids is 1. The molecule has 3 nitrogen and oxygen atoms in total. The van der Waals surface area contributed by atoms with Crippen molar-refractivity contribution in [1.29, 1.82) is 0 Å². The van der Waals surface area contributed by atoms with Gasteiger partial charge in [0, 0.05) is 12.4 Å². The molecular formula is C10H11NO2. The third-order valence-corrected chi connectivity index (χ3v) is 2.31. The lowest BCUT2D eigenvalue weighted by atomic mass is 9.86. The van der Waals surface area contributed by atoms with Crippen molar-refractivity contribution >= 4 is 5.97 Å². The molecule has 1 aromatic heterocycles. The Morgan fingerprint density at radius 2 is 2.08 bits per heavy atom. The summed E-state index contributed by atoms with van der Waals surface area (Å²) in [5, 5.41) is 0. The zero-order valence-electron chi connectivity index (χ0n) is 7.27. The summed E-state index contributed by atoms with van der Waals surface area (Å²) in [6, 6.07) is 3.38. The minimum atomic E-state index is -0.0996. The molecule has 0 spiro atoms. The fraction of sp³-hybridized carbons (Fsp3) is 0.400. The summed E-state index contributed by atoms with van der Waals surface area (Å²) in [4.78, 5) is 15.2. The highest BCUT2D eigenvalue weighted by atomic mass is 16.5. The van der Waals surface area contributed by atoms with Crippen LogP contribution in [0.1, 0.15) is 19.3 Å². The molecule has 0 N–H and O–H groups in total. The molecule has 0 amide bonds. The van der Waals surface area contributed by atoms with Gasteiger partial charge in [-0.2, -0.15) is 0 Å². The molecule has 13 heavy (non-hydrogen) atoms. The van der Waals surface area contributed by atoms with Gasteiger partial charge in [-0.05, 0) is 25.0 Å². The fourth-order valence-electron chi connectivity index (χ4n) is 1.25. The maximum atomic E-state index is 11.4. The minimum Gasteiger partial charge on any atom is -0.426 e. The summed E-state index contributed by atoms with van der Waals surface area (Å²) < 4.78 is 5.14. The van der Waals surface area contributed by atoms with Crippen LogP contribution >= 0.6 is 0 Å². The van der Waals surface area contributed by atoms with Crippen LogP contribution in [0, 0.1) is 5.92 Å². The van der Waals surface area contributed by atoms with Crippen molar-refractivity contribution in [3.8, 4) is 5.75 Å². The molecule has 3 heteroatoms. The number of nitrogens with zero attached hydrogens (tertiary/aromatic N) is 1. The van der Waals surface area contributed by atoms with Crippen molar-refractivity contribution < 1.29 is 9.53 Å². The van der Waals surface area contributed by atoms with E-state index in [4.69, 9.17) is 4.74 Å². The number of esters is 1. The molecular weight excluding hydrogens is 166 g/mol. The highest BCUT2D eigenvalue weighted by molar-refractivity contribution is 5.75. The zero-order valence-corrected chi connectivity index (χ0v) is 7.27. The van der Waals surface area contributed by atoms with Crippen LogP contribution in [0.25, 0.3) is 0 Å². The van der Waals surface area contributed by atoms with Crippen molar-refractivity contribution in [1.82, 2.24) is 4.98 Å². The minimum absolute atomic E-state index is 0.0996. The normalized spacial score (nSPS) is 16.3. The van der Waals surface area contributed by atoms with Gasteiger partial charge in [0.1, 0.15) is 5.75 Å². The van der Waals surface area contributed by atoms with Gasteiger partial charge in [0.15, 0.2) is 0 Å². The number of carbonyl (C=O) groups is 1. The van der Waals surface area contributed by atoms with Gasteiger partial charge >= 0.3 is 5.97 Å².